The van der Waals surface area contributed by atoms with Crippen LogP contribution in [0, 0.1) is 6.92 Å². The second-order valence-corrected chi connectivity index (χ2v) is 9.24. The lowest BCUT2D eigenvalue weighted by Gasteiger charge is -2.26. The van der Waals surface area contributed by atoms with Gasteiger partial charge in [-0.2, -0.15) is 5.10 Å². The Balaban J connectivity index is 1.57. The van der Waals surface area contributed by atoms with Gasteiger partial charge < -0.3 is 0 Å². The van der Waals surface area contributed by atoms with Gasteiger partial charge in [-0.05, 0) is 56.2 Å². The fraction of sp³-hybridized carbons (Fsp3) is 0.360. The minimum absolute atomic E-state index is 0.189. The lowest BCUT2D eigenvalue weighted by molar-refractivity contribution is 0.0743. The van der Waals surface area contributed by atoms with Crippen LogP contribution in [0.4, 0.5) is 0 Å². The number of nitrogens with zero attached hydrogens (tertiary/aromatic N) is 3. The zero-order chi connectivity index (χ0) is 22.2. The summed E-state index contributed by atoms with van der Waals surface area (Å²) >= 11 is 6.55. The van der Waals surface area contributed by atoms with Crippen LogP contribution in [0.5, 0.6) is 0 Å². The first kappa shape index (κ1) is 21.3. The smallest absolute Gasteiger partial charge is 0.283 e. The summed E-state index contributed by atoms with van der Waals surface area (Å²) in [4.78, 5) is 13.2. The van der Waals surface area contributed by atoms with Crippen LogP contribution >= 0.6 is 11.6 Å². The van der Waals surface area contributed by atoms with Gasteiger partial charge in [-0.15, -0.1) is 0 Å². The largest absolute Gasteiger partial charge is 0.286 e. The van der Waals surface area contributed by atoms with Crippen LogP contribution in [0.1, 0.15) is 59.6 Å². The molecule has 1 saturated heterocycles. The van der Waals surface area contributed by atoms with Crippen molar-refractivity contribution < 1.29 is 4.79 Å². The Morgan fingerprint density at radius 1 is 1.09 bits per heavy atom. The molecule has 0 unspecified atom stereocenters. The van der Waals surface area contributed by atoms with Gasteiger partial charge in [-0.1, -0.05) is 53.8 Å². The molecule has 1 aromatic heterocycles. The highest BCUT2D eigenvalue weighted by Gasteiger charge is 2.26. The number of hydrazine groups is 1. The molecule has 2 radical (unpaired) electrons. The number of amides is 1. The Morgan fingerprint density at radius 2 is 1.81 bits per heavy atom. The van der Waals surface area contributed by atoms with Crippen molar-refractivity contribution in [3.63, 3.8) is 0 Å². The summed E-state index contributed by atoms with van der Waals surface area (Å²) in [5.74, 6) is 0.498. The summed E-state index contributed by atoms with van der Waals surface area (Å²) < 4.78 is 1.77. The summed E-state index contributed by atoms with van der Waals surface area (Å²) in [6, 6.07) is 14.0. The number of rotatable bonds is 5. The molecule has 2 aliphatic rings. The van der Waals surface area contributed by atoms with Crippen molar-refractivity contribution >= 4 is 30.8 Å². The van der Waals surface area contributed by atoms with Gasteiger partial charge in [0.25, 0.3) is 5.91 Å². The van der Waals surface area contributed by atoms with Gasteiger partial charge in [-0.3, -0.25) is 10.2 Å². The predicted octanol–water partition coefficient (Wildman–Crippen LogP) is 4.30. The molecule has 0 atom stereocenters. The number of carbonyl (C=O) groups is 1. The number of piperidine rings is 1. The SMILES string of the molecule is [B]c1ccc(-n2nc(C(=O)NN3CCCCC3)c(C)c2-c2ccc(C3CC3)cc2)c(Cl)c1. The van der Waals surface area contributed by atoms with E-state index in [0.717, 1.165) is 42.8 Å². The van der Waals surface area contributed by atoms with Crippen molar-refractivity contribution in [2.45, 2.75) is 44.9 Å². The molecule has 7 heteroatoms. The lowest BCUT2D eigenvalue weighted by Crippen LogP contribution is -2.45. The highest BCUT2D eigenvalue weighted by Crippen LogP contribution is 2.41. The number of hydrogen-bond donors (Lipinski definition) is 1. The van der Waals surface area contributed by atoms with Crippen LogP contribution in [0.25, 0.3) is 16.9 Å². The van der Waals surface area contributed by atoms with Gasteiger partial charge in [0.1, 0.15) is 7.85 Å². The van der Waals surface area contributed by atoms with E-state index < -0.39 is 0 Å². The van der Waals surface area contributed by atoms with Crippen LogP contribution < -0.4 is 10.9 Å². The average molecular weight is 445 g/mol. The topological polar surface area (TPSA) is 50.2 Å². The van der Waals surface area contributed by atoms with E-state index in [1.165, 1.54) is 24.8 Å². The van der Waals surface area contributed by atoms with E-state index in [4.69, 9.17) is 24.5 Å². The Labute approximate surface area is 195 Å². The first-order valence-corrected chi connectivity index (χ1v) is 11.7. The number of carbonyl (C=O) groups excluding carboxylic acids is 1. The maximum atomic E-state index is 13.2. The van der Waals surface area contributed by atoms with Crippen molar-refractivity contribution in [1.29, 1.82) is 0 Å². The number of benzene rings is 2. The molecule has 1 aliphatic carbocycles. The summed E-state index contributed by atoms with van der Waals surface area (Å²) in [6.45, 7) is 3.68. The maximum absolute atomic E-state index is 13.2. The molecule has 2 fully saturated rings. The van der Waals surface area contributed by atoms with Crippen LogP contribution in [-0.4, -0.2) is 41.6 Å². The fourth-order valence-corrected chi connectivity index (χ4v) is 4.72. The highest BCUT2D eigenvalue weighted by molar-refractivity contribution is 6.37. The van der Waals surface area contributed by atoms with Crippen molar-refractivity contribution in [2.75, 3.05) is 13.1 Å². The zero-order valence-corrected chi connectivity index (χ0v) is 19.0. The molecule has 2 heterocycles. The Bertz CT molecular complexity index is 1150. The molecular formula is C25H26BClN4O. The minimum atomic E-state index is -0.189. The number of nitrogens with one attached hydrogen (secondary N) is 1. The summed E-state index contributed by atoms with van der Waals surface area (Å²) in [7, 11) is 5.91. The Kier molecular flexibility index (Phi) is 5.83. The summed E-state index contributed by atoms with van der Waals surface area (Å²) in [6.07, 6.45) is 5.91. The lowest BCUT2D eigenvalue weighted by atomic mass is 9.96. The zero-order valence-electron chi connectivity index (χ0n) is 18.3. The van der Waals surface area contributed by atoms with Crippen LogP contribution in [-0.2, 0) is 0 Å². The minimum Gasteiger partial charge on any atom is -0.283 e. The molecule has 5 rings (SSSR count). The number of halogens is 1. The first-order valence-electron chi connectivity index (χ1n) is 11.3. The van der Waals surface area contributed by atoms with Crippen LogP contribution in [0.3, 0.4) is 0 Å². The van der Waals surface area contributed by atoms with Gasteiger partial charge in [0.15, 0.2) is 5.69 Å². The van der Waals surface area contributed by atoms with E-state index in [-0.39, 0.29) is 5.91 Å². The Morgan fingerprint density at radius 3 is 2.47 bits per heavy atom. The normalized spacial score (nSPS) is 16.8. The second-order valence-electron chi connectivity index (χ2n) is 8.83. The van der Waals surface area contributed by atoms with E-state index in [1.807, 2.05) is 18.0 Å². The third-order valence-corrected chi connectivity index (χ3v) is 6.69. The molecule has 1 N–H and O–H groups in total. The van der Waals surface area contributed by atoms with Gasteiger partial charge in [-0.25, -0.2) is 9.69 Å². The molecule has 3 aromatic rings. The molecule has 0 bridgehead atoms. The Hall–Kier alpha value is -2.57. The van der Waals surface area contributed by atoms with E-state index in [1.54, 1.807) is 16.8 Å². The molecule has 1 aliphatic heterocycles. The molecule has 2 aromatic carbocycles. The third-order valence-electron chi connectivity index (χ3n) is 6.39. The van der Waals surface area contributed by atoms with E-state index in [0.29, 0.717) is 27.8 Å². The van der Waals surface area contributed by atoms with Gasteiger partial charge in [0.05, 0.1) is 16.4 Å². The summed E-state index contributed by atoms with van der Waals surface area (Å²) in [5, 5.41) is 7.22. The highest BCUT2D eigenvalue weighted by atomic mass is 35.5. The van der Waals surface area contributed by atoms with Crippen molar-refractivity contribution in [2.24, 2.45) is 0 Å². The summed E-state index contributed by atoms with van der Waals surface area (Å²) in [5.41, 5.74) is 8.79. The van der Waals surface area contributed by atoms with Gasteiger partial charge in [0.2, 0.25) is 0 Å². The second kappa shape index (κ2) is 8.76. The number of hydrogen-bond acceptors (Lipinski definition) is 3. The standard InChI is InChI=1S/C25H26BClN4O/c1-16-23(25(32)29-30-13-3-2-4-14-30)28-31(22-12-11-20(26)15-21(22)27)24(16)19-9-7-18(8-10-19)17-5-6-17/h7-12,15,17H,2-6,13-14H2,1H3,(H,29,32). The van der Waals surface area contributed by atoms with E-state index in [9.17, 15) is 4.79 Å². The molecular weight excluding hydrogens is 419 g/mol. The molecule has 1 saturated carbocycles. The van der Waals surface area contributed by atoms with Crippen molar-refractivity contribution in [3.8, 4) is 16.9 Å². The monoisotopic (exact) mass is 444 g/mol. The fourth-order valence-electron chi connectivity index (χ4n) is 4.45. The first-order chi connectivity index (χ1) is 15.5. The van der Waals surface area contributed by atoms with Crippen molar-refractivity contribution in [3.05, 3.63) is 64.3 Å². The predicted molar refractivity (Wildman–Crippen MR) is 129 cm³/mol. The average Bonchev–Trinajstić information content (AvgIpc) is 3.58. The van der Waals surface area contributed by atoms with Crippen LogP contribution in [0.2, 0.25) is 5.02 Å². The quantitative estimate of drug-likeness (QED) is 0.597. The van der Waals surface area contributed by atoms with Gasteiger partial charge >= 0.3 is 0 Å². The molecule has 162 valence electrons. The molecule has 32 heavy (non-hydrogen) atoms. The van der Waals surface area contributed by atoms with Gasteiger partial charge in [0, 0.05) is 24.2 Å². The maximum Gasteiger partial charge on any atom is 0.286 e. The molecule has 5 nitrogen and oxygen atoms in total. The van der Waals surface area contributed by atoms with Crippen molar-refractivity contribution in [1.82, 2.24) is 20.2 Å². The molecule has 0 spiro atoms. The van der Waals surface area contributed by atoms with E-state index in [2.05, 4.69) is 29.7 Å². The number of aromatic nitrogens is 2. The molecule has 1 amide bonds. The third kappa shape index (κ3) is 4.22. The van der Waals surface area contributed by atoms with Crippen LogP contribution in [0.15, 0.2) is 42.5 Å². The van der Waals surface area contributed by atoms with E-state index >= 15 is 0 Å².